The van der Waals surface area contributed by atoms with Crippen LogP contribution in [0, 0.1) is 20.8 Å². The van der Waals surface area contributed by atoms with E-state index >= 15 is 0 Å². The van der Waals surface area contributed by atoms with Crippen LogP contribution in [0.3, 0.4) is 0 Å². The number of furan rings is 1. The highest BCUT2D eigenvalue weighted by atomic mass is 16.5. The van der Waals surface area contributed by atoms with Gasteiger partial charge in [0.1, 0.15) is 5.75 Å². The van der Waals surface area contributed by atoms with Crippen molar-refractivity contribution in [2.24, 2.45) is 0 Å². The Bertz CT molecular complexity index is 790. The van der Waals surface area contributed by atoms with E-state index in [9.17, 15) is 9.59 Å². The number of ether oxygens (including phenoxy) is 1. The standard InChI is InChI=1S/C20H24N2O4/c1-14-6-7-15(2)19(16(14)3)26-13-18(23)21-8-10-22(11-9-21)20(24)17-5-4-12-25-17/h4-7,12H,8-11,13H2,1-3H3. The van der Waals surface area contributed by atoms with Gasteiger partial charge in [-0.25, -0.2) is 0 Å². The number of piperazine rings is 1. The molecule has 1 saturated heterocycles. The van der Waals surface area contributed by atoms with Crippen molar-refractivity contribution in [2.45, 2.75) is 20.8 Å². The fourth-order valence-electron chi connectivity index (χ4n) is 3.09. The first kappa shape index (κ1) is 18.0. The predicted octanol–water partition coefficient (Wildman–Crippen LogP) is 2.57. The number of nitrogens with zero attached hydrogens (tertiary/aromatic N) is 2. The number of aryl methyl sites for hydroxylation is 2. The highest BCUT2D eigenvalue weighted by molar-refractivity contribution is 5.91. The van der Waals surface area contributed by atoms with E-state index in [1.54, 1.807) is 21.9 Å². The Labute approximate surface area is 153 Å². The molecule has 2 heterocycles. The number of benzene rings is 1. The van der Waals surface area contributed by atoms with Crippen LogP contribution < -0.4 is 4.74 Å². The average Bonchev–Trinajstić information content (AvgIpc) is 3.19. The molecule has 0 unspecified atom stereocenters. The SMILES string of the molecule is Cc1ccc(C)c(OCC(=O)N2CCN(C(=O)c3ccco3)CC2)c1C. The average molecular weight is 356 g/mol. The molecule has 1 aliphatic rings. The van der Waals surface area contributed by atoms with E-state index in [0.717, 1.165) is 22.4 Å². The highest BCUT2D eigenvalue weighted by Gasteiger charge is 2.26. The fourth-order valence-corrected chi connectivity index (χ4v) is 3.09. The van der Waals surface area contributed by atoms with Gasteiger partial charge in [-0.2, -0.15) is 0 Å². The van der Waals surface area contributed by atoms with E-state index in [-0.39, 0.29) is 18.4 Å². The second-order valence-electron chi connectivity index (χ2n) is 6.59. The van der Waals surface area contributed by atoms with Gasteiger partial charge in [0.2, 0.25) is 0 Å². The minimum Gasteiger partial charge on any atom is -0.483 e. The molecule has 0 saturated carbocycles. The second-order valence-corrected chi connectivity index (χ2v) is 6.59. The van der Waals surface area contributed by atoms with Crippen LogP contribution in [0.2, 0.25) is 0 Å². The van der Waals surface area contributed by atoms with Gasteiger partial charge in [0.05, 0.1) is 6.26 Å². The normalized spacial score (nSPS) is 14.4. The summed E-state index contributed by atoms with van der Waals surface area (Å²) in [5, 5.41) is 0. The summed E-state index contributed by atoms with van der Waals surface area (Å²) in [6, 6.07) is 7.40. The Kier molecular flexibility index (Phi) is 5.30. The van der Waals surface area contributed by atoms with Crippen LogP contribution in [0.25, 0.3) is 0 Å². The zero-order valence-corrected chi connectivity index (χ0v) is 15.4. The van der Waals surface area contributed by atoms with E-state index < -0.39 is 0 Å². The van der Waals surface area contributed by atoms with E-state index in [2.05, 4.69) is 6.07 Å². The first-order valence-corrected chi connectivity index (χ1v) is 8.77. The summed E-state index contributed by atoms with van der Waals surface area (Å²) in [5.74, 6) is 0.920. The van der Waals surface area contributed by atoms with Crippen molar-refractivity contribution in [3.8, 4) is 5.75 Å². The molecule has 6 nitrogen and oxygen atoms in total. The maximum atomic E-state index is 12.5. The molecule has 0 aliphatic carbocycles. The van der Waals surface area contributed by atoms with Gasteiger partial charge in [0.15, 0.2) is 12.4 Å². The second kappa shape index (κ2) is 7.64. The molecule has 1 aromatic carbocycles. The van der Waals surface area contributed by atoms with Crippen LogP contribution >= 0.6 is 0 Å². The lowest BCUT2D eigenvalue weighted by molar-refractivity contribution is -0.134. The molecule has 0 radical (unpaired) electrons. The number of amides is 2. The third-order valence-corrected chi connectivity index (χ3v) is 4.87. The molecule has 26 heavy (non-hydrogen) atoms. The number of carbonyl (C=O) groups excluding carboxylic acids is 2. The van der Waals surface area contributed by atoms with Gasteiger partial charge in [-0.3, -0.25) is 9.59 Å². The van der Waals surface area contributed by atoms with Crippen LogP contribution in [0.5, 0.6) is 5.75 Å². The smallest absolute Gasteiger partial charge is 0.289 e. The lowest BCUT2D eigenvalue weighted by Gasteiger charge is -2.34. The third kappa shape index (κ3) is 3.74. The van der Waals surface area contributed by atoms with Crippen molar-refractivity contribution in [1.29, 1.82) is 0 Å². The molecule has 1 fully saturated rings. The van der Waals surface area contributed by atoms with Crippen molar-refractivity contribution in [3.63, 3.8) is 0 Å². The Balaban J connectivity index is 1.53. The van der Waals surface area contributed by atoms with Crippen molar-refractivity contribution in [1.82, 2.24) is 9.80 Å². The predicted molar refractivity (Wildman–Crippen MR) is 97.3 cm³/mol. The van der Waals surface area contributed by atoms with E-state index in [1.165, 1.54) is 6.26 Å². The molecule has 0 bridgehead atoms. The third-order valence-electron chi connectivity index (χ3n) is 4.87. The number of hydrogen-bond donors (Lipinski definition) is 0. The molecule has 2 amide bonds. The van der Waals surface area contributed by atoms with Gasteiger partial charge in [0, 0.05) is 26.2 Å². The molecule has 1 aromatic heterocycles. The molecule has 6 heteroatoms. The molecule has 2 aromatic rings. The molecule has 1 aliphatic heterocycles. The lowest BCUT2D eigenvalue weighted by atomic mass is 10.1. The zero-order chi connectivity index (χ0) is 18.7. The summed E-state index contributed by atoms with van der Waals surface area (Å²) in [6.07, 6.45) is 1.49. The molecular weight excluding hydrogens is 332 g/mol. The highest BCUT2D eigenvalue weighted by Crippen LogP contribution is 2.25. The molecule has 0 atom stereocenters. The summed E-state index contributed by atoms with van der Waals surface area (Å²) < 4.78 is 11.0. The van der Waals surface area contributed by atoms with Gasteiger partial charge in [0.25, 0.3) is 11.8 Å². The summed E-state index contributed by atoms with van der Waals surface area (Å²) in [5.41, 5.74) is 3.23. The Morgan fingerprint density at radius 1 is 1.00 bits per heavy atom. The Morgan fingerprint density at radius 3 is 2.31 bits per heavy atom. The van der Waals surface area contributed by atoms with Crippen LogP contribution in [-0.2, 0) is 4.79 Å². The molecule has 0 N–H and O–H groups in total. The monoisotopic (exact) mass is 356 g/mol. The van der Waals surface area contributed by atoms with Crippen molar-refractivity contribution in [3.05, 3.63) is 53.0 Å². The summed E-state index contributed by atoms with van der Waals surface area (Å²) in [7, 11) is 0. The molecule has 0 spiro atoms. The quantitative estimate of drug-likeness (QED) is 0.845. The van der Waals surface area contributed by atoms with Gasteiger partial charge in [-0.05, 0) is 49.6 Å². The lowest BCUT2D eigenvalue weighted by Crippen LogP contribution is -2.51. The summed E-state index contributed by atoms with van der Waals surface area (Å²) >= 11 is 0. The fraction of sp³-hybridized carbons (Fsp3) is 0.400. The van der Waals surface area contributed by atoms with Crippen LogP contribution in [0.15, 0.2) is 34.9 Å². The molecule has 138 valence electrons. The number of carbonyl (C=O) groups is 2. The van der Waals surface area contributed by atoms with Gasteiger partial charge in [-0.15, -0.1) is 0 Å². The van der Waals surface area contributed by atoms with Crippen LogP contribution in [0.4, 0.5) is 0 Å². The first-order valence-electron chi connectivity index (χ1n) is 8.77. The number of rotatable bonds is 4. The van der Waals surface area contributed by atoms with E-state index in [4.69, 9.17) is 9.15 Å². The number of hydrogen-bond acceptors (Lipinski definition) is 4. The topological polar surface area (TPSA) is 63.0 Å². The van der Waals surface area contributed by atoms with Gasteiger partial charge in [-0.1, -0.05) is 12.1 Å². The van der Waals surface area contributed by atoms with Gasteiger partial charge >= 0.3 is 0 Å². The van der Waals surface area contributed by atoms with E-state index in [1.807, 2.05) is 26.8 Å². The molecule has 3 rings (SSSR count). The summed E-state index contributed by atoms with van der Waals surface area (Å²) in [6.45, 7) is 8.00. The van der Waals surface area contributed by atoms with Crippen molar-refractivity contribution < 1.29 is 18.7 Å². The first-order chi connectivity index (χ1) is 12.5. The maximum Gasteiger partial charge on any atom is 0.289 e. The Hall–Kier alpha value is -2.76. The Morgan fingerprint density at radius 2 is 1.65 bits per heavy atom. The van der Waals surface area contributed by atoms with E-state index in [0.29, 0.717) is 31.9 Å². The summed E-state index contributed by atoms with van der Waals surface area (Å²) in [4.78, 5) is 28.2. The minimum atomic E-state index is -0.135. The maximum absolute atomic E-state index is 12.5. The van der Waals surface area contributed by atoms with Crippen LogP contribution in [0.1, 0.15) is 27.2 Å². The largest absolute Gasteiger partial charge is 0.483 e. The van der Waals surface area contributed by atoms with Crippen molar-refractivity contribution in [2.75, 3.05) is 32.8 Å². The van der Waals surface area contributed by atoms with Crippen LogP contribution in [-0.4, -0.2) is 54.4 Å². The zero-order valence-electron chi connectivity index (χ0n) is 15.4. The minimum absolute atomic E-state index is 0.0112. The van der Waals surface area contributed by atoms with Gasteiger partial charge < -0.3 is 19.0 Å². The van der Waals surface area contributed by atoms with Crippen molar-refractivity contribution >= 4 is 11.8 Å². The molecular formula is C20H24N2O4.